The second kappa shape index (κ2) is 5.03. The van der Waals surface area contributed by atoms with E-state index < -0.39 is 17.3 Å². The molecule has 0 aliphatic heterocycles. The van der Waals surface area contributed by atoms with Crippen LogP contribution in [0, 0.1) is 12.7 Å². The Balaban J connectivity index is 2.57. The topological polar surface area (TPSA) is 85.1 Å². The second-order valence-electron chi connectivity index (χ2n) is 4.67. The van der Waals surface area contributed by atoms with Gasteiger partial charge in [0.1, 0.15) is 12.1 Å². The second-order valence-corrected chi connectivity index (χ2v) is 4.67. The van der Waals surface area contributed by atoms with Gasteiger partial charge in [-0.2, -0.15) is 0 Å². The molecule has 110 valence electrons. The molecule has 22 heavy (non-hydrogen) atoms. The zero-order chi connectivity index (χ0) is 15.9. The zero-order valence-corrected chi connectivity index (χ0v) is 11.4. The van der Waals surface area contributed by atoms with Crippen LogP contribution in [0.4, 0.5) is 4.39 Å². The van der Waals surface area contributed by atoms with Crippen molar-refractivity contribution in [1.29, 1.82) is 0 Å². The molecule has 3 aromatic rings. The van der Waals surface area contributed by atoms with Crippen molar-refractivity contribution in [2.24, 2.45) is 0 Å². The quantitative estimate of drug-likeness (QED) is 0.781. The van der Waals surface area contributed by atoms with E-state index in [1.807, 2.05) is 0 Å². The first-order valence-electron chi connectivity index (χ1n) is 6.35. The Hall–Kier alpha value is -3.09. The Kier molecular flexibility index (Phi) is 3.17. The van der Waals surface area contributed by atoms with Gasteiger partial charge in [0.05, 0.1) is 29.0 Å². The van der Waals surface area contributed by atoms with Crippen LogP contribution in [-0.2, 0) is 0 Å². The molecule has 6 nitrogen and oxygen atoms in total. The summed E-state index contributed by atoms with van der Waals surface area (Å²) >= 11 is 0. The number of benzene rings is 1. The number of fused-ring (bicyclic) bond motifs is 1. The van der Waals surface area contributed by atoms with Gasteiger partial charge in [-0.25, -0.2) is 19.2 Å². The molecule has 7 heteroatoms. The lowest BCUT2D eigenvalue weighted by molar-refractivity contribution is 0.0697. The van der Waals surface area contributed by atoms with Crippen molar-refractivity contribution >= 4 is 16.7 Å². The van der Waals surface area contributed by atoms with Crippen molar-refractivity contribution in [2.75, 3.05) is 0 Å². The van der Waals surface area contributed by atoms with Gasteiger partial charge in [0.25, 0.3) is 5.56 Å². The molecule has 0 aliphatic rings. The zero-order valence-electron chi connectivity index (χ0n) is 11.4. The molecule has 2 heterocycles. The largest absolute Gasteiger partial charge is 0.478 e. The minimum atomic E-state index is -1.24. The Bertz CT molecular complexity index is 952. The van der Waals surface area contributed by atoms with Gasteiger partial charge in [-0.15, -0.1) is 0 Å². The predicted molar refractivity (Wildman–Crippen MR) is 76.8 cm³/mol. The number of carboxylic acids is 1. The van der Waals surface area contributed by atoms with E-state index in [-0.39, 0.29) is 27.7 Å². The minimum absolute atomic E-state index is 0.0723. The standard InChI is InChI=1S/C15H10FN3O3/c1-8-12(15(21)22)10-3-2-4-11(16)13(10)14(20)19(8)9-5-17-7-18-6-9/h2-7H,1H3,(H,21,22). The van der Waals surface area contributed by atoms with Crippen molar-refractivity contribution in [3.05, 3.63) is 64.3 Å². The number of nitrogens with zero attached hydrogens (tertiary/aromatic N) is 3. The molecule has 0 amide bonds. The summed E-state index contributed by atoms with van der Waals surface area (Å²) in [6, 6.07) is 3.91. The van der Waals surface area contributed by atoms with Crippen molar-refractivity contribution in [1.82, 2.24) is 14.5 Å². The van der Waals surface area contributed by atoms with Crippen molar-refractivity contribution in [3.8, 4) is 5.69 Å². The van der Waals surface area contributed by atoms with E-state index in [0.29, 0.717) is 0 Å². The Morgan fingerprint density at radius 2 is 1.95 bits per heavy atom. The lowest BCUT2D eigenvalue weighted by Gasteiger charge is -2.14. The van der Waals surface area contributed by atoms with E-state index in [4.69, 9.17) is 0 Å². The van der Waals surface area contributed by atoms with Crippen LogP contribution in [-0.4, -0.2) is 25.6 Å². The fourth-order valence-electron chi connectivity index (χ4n) is 2.51. The molecule has 2 aromatic heterocycles. The van der Waals surface area contributed by atoms with Gasteiger partial charge in [-0.05, 0) is 13.0 Å². The molecule has 0 aliphatic carbocycles. The summed E-state index contributed by atoms with van der Waals surface area (Å²) in [5.41, 5.74) is -0.314. The van der Waals surface area contributed by atoms with Crippen LogP contribution in [0.1, 0.15) is 16.1 Å². The number of hydrogen-bond donors (Lipinski definition) is 1. The third-order valence-electron chi connectivity index (χ3n) is 3.42. The first-order valence-corrected chi connectivity index (χ1v) is 6.35. The third kappa shape index (κ3) is 1.95. The molecule has 0 spiro atoms. The van der Waals surface area contributed by atoms with E-state index >= 15 is 0 Å². The van der Waals surface area contributed by atoms with Gasteiger partial charge in [-0.1, -0.05) is 12.1 Å². The van der Waals surface area contributed by atoms with Gasteiger partial charge in [0.2, 0.25) is 0 Å². The third-order valence-corrected chi connectivity index (χ3v) is 3.42. The van der Waals surface area contributed by atoms with Crippen LogP contribution < -0.4 is 5.56 Å². The Morgan fingerprint density at radius 3 is 2.59 bits per heavy atom. The highest BCUT2D eigenvalue weighted by Gasteiger charge is 2.21. The van der Waals surface area contributed by atoms with E-state index in [1.165, 1.54) is 37.8 Å². The van der Waals surface area contributed by atoms with Crippen LogP contribution in [0.25, 0.3) is 16.5 Å². The smallest absolute Gasteiger partial charge is 0.338 e. The molecule has 0 unspecified atom stereocenters. The van der Waals surface area contributed by atoms with E-state index in [1.54, 1.807) is 0 Å². The maximum atomic E-state index is 14.1. The van der Waals surface area contributed by atoms with E-state index in [2.05, 4.69) is 9.97 Å². The van der Waals surface area contributed by atoms with Crippen molar-refractivity contribution in [3.63, 3.8) is 0 Å². The summed E-state index contributed by atoms with van der Waals surface area (Å²) in [5.74, 6) is -2.01. The lowest BCUT2D eigenvalue weighted by atomic mass is 10.0. The number of carbonyl (C=O) groups is 1. The van der Waals surface area contributed by atoms with Crippen molar-refractivity contribution < 1.29 is 14.3 Å². The summed E-state index contributed by atoms with van der Waals surface area (Å²) in [6.07, 6.45) is 4.00. The number of rotatable bonds is 2. The van der Waals surface area contributed by atoms with E-state index in [9.17, 15) is 19.1 Å². The minimum Gasteiger partial charge on any atom is -0.478 e. The van der Waals surface area contributed by atoms with Crippen LogP contribution >= 0.6 is 0 Å². The molecule has 0 atom stereocenters. The molecule has 0 radical (unpaired) electrons. The molecule has 1 aromatic carbocycles. The van der Waals surface area contributed by atoms with Crippen molar-refractivity contribution in [2.45, 2.75) is 6.92 Å². The molecule has 0 saturated heterocycles. The monoisotopic (exact) mass is 299 g/mol. The lowest BCUT2D eigenvalue weighted by Crippen LogP contribution is -2.25. The van der Waals surface area contributed by atoms with Gasteiger partial charge < -0.3 is 5.11 Å². The van der Waals surface area contributed by atoms with Gasteiger partial charge in [0, 0.05) is 11.1 Å². The van der Waals surface area contributed by atoms with E-state index in [0.717, 1.165) is 10.6 Å². The number of carboxylic acid groups (broad SMARTS) is 1. The highest BCUT2D eigenvalue weighted by molar-refractivity contribution is 6.04. The summed E-state index contributed by atoms with van der Waals surface area (Å²) in [6.45, 7) is 1.49. The van der Waals surface area contributed by atoms with Gasteiger partial charge in [0.15, 0.2) is 0 Å². The van der Waals surface area contributed by atoms with Gasteiger partial charge in [-0.3, -0.25) is 9.36 Å². The SMILES string of the molecule is Cc1c(C(=O)O)c2cccc(F)c2c(=O)n1-c1cncnc1. The number of aromatic carboxylic acids is 1. The van der Waals surface area contributed by atoms with Crippen LogP contribution in [0.3, 0.4) is 0 Å². The first kappa shape index (κ1) is 13.9. The number of aromatic nitrogens is 3. The fraction of sp³-hybridized carbons (Fsp3) is 0.0667. The Labute approximate surface area is 123 Å². The average molecular weight is 299 g/mol. The summed E-state index contributed by atoms with van der Waals surface area (Å²) in [4.78, 5) is 31.8. The first-order chi connectivity index (χ1) is 10.5. The molecule has 1 N–H and O–H groups in total. The molecular formula is C15H10FN3O3. The normalized spacial score (nSPS) is 10.8. The van der Waals surface area contributed by atoms with Crippen LogP contribution in [0.2, 0.25) is 0 Å². The molecule has 0 saturated carbocycles. The Morgan fingerprint density at radius 1 is 1.27 bits per heavy atom. The fourth-order valence-corrected chi connectivity index (χ4v) is 2.51. The summed E-state index contributed by atoms with van der Waals surface area (Å²) in [5, 5.41) is 9.25. The van der Waals surface area contributed by atoms with Crippen LogP contribution in [0.15, 0.2) is 41.7 Å². The van der Waals surface area contributed by atoms with Gasteiger partial charge >= 0.3 is 5.97 Å². The summed E-state index contributed by atoms with van der Waals surface area (Å²) < 4.78 is 15.2. The molecule has 0 fully saturated rings. The highest BCUT2D eigenvalue weighted by Crippen LogP contribution is 2.23. The average Bonchev–Trinajstić information content (AvgIpc) is 2.48. The highest BCUT2D eigenvalue weighted by atomic mass is 19.1. The number of pyridine rings is 1. The van der Waals surface area contributed by atoms with Crippen LogP contribution in [0.5, 0.6) is 0 Å². The maximum Gasteiger partial charge on any atom is 0.338 e. The predicted octanol–water partition coefficient (Wildman–Crippen LogP) is 1.93. The number of halogens is 1. The summed E-state index contributed by atoms with van der Waals surface area (Å²) in [7, 11) is 0. The molecule has 3 rings (SSSR count). The maximum absolute atomic E-state index is 14.1. The molecular weight excluding hydrogens is 289 g/mol. The molecule has 0 bridgehead atoms. The number of hydrogen-bond acceptors (Lipinski definition) is 4.